The average molecular weight is 424 g/mol. The Balaban J connectivity index is 0.000000327. The Hall–Kier alpha value is -1.72. The molecule has 2 N–H and O–H groups in total. The van der Waals surface area contributed by atoms with E-state index < -0.39 is 0 Å². The van der Waals surface area contributed by atoms with Gasteiger partial charge in [0.05, 0.1) is 4.34 Å². The van der Waals surface area contributed by atoms with Crippen molar-refractivity contribution in [2.24, 2.45) is 5.92 Å². The summed E-state index contributed by atoms with van der Waals surface area (Å²) >= 11 is 7.64. The summed E-state index contributed by atoms with van der Waals surface area (Å²) in [4.78, 5) is 18.0. The fourth-order valence-electron chi connectivity index (χ4n) is 2.74. The number of aromatic nitrogens is 1. The zero-order chi connectivity index (χ0) is 21.1. The number of aryl methyl sites for hydroxylation is 1. The minimum Gasteiger partial charge on any atom is -0.367 e. The summed E-state index contributed by atoms with van der Waals surface area (Å²) in [6.07, 6.45) is 6.03. The number of hydrogen-bond acceptors (Lipinski definition) is 2. The van der Waals surface area contributed by atoms with Crippen LogP contribution in [0.3, 0.4) is 0 Å². The molecule has 2 aromatic rings. The van der Waals surface area contributed by atoms with E-state index in [0.717, 1.165) is 47.3 Å². The summed E-state index contributed by atoms with van der Waals surface area (Å²) in [5, 5.41) is 2.95. The molecule has 0 unspecified atom stereocenters. The SMILES string of the molecule is C=C(C)c1cc[nH]c1.CC.Cc1cc(CNC(=O)N2CCC(C)CC2)c(Cl)s1. The Labute approximate surface area is 179 Å². The Morgan fingerprint density at radius 3 is 2.46 bits per heavy atom. The maximum atomic E-state index is 12.0. The van der Waals surface area contributed by atoms with Crippen LogP contribution < -0.4 is 5.32 Å². The Bertz CT molecular complexity index is 716. The molecule has 1 fully saturated rings. The van der Waals surface area contributed by atoms with Gasteiger partial charge in [0.2, 0.25) is 0 Å². The first-order chi connectivity index (χ1) is 13.4. The number of carbonyl (C=O) groups excluding carboxylic acids is 1. The molecular weight excluding hydrogens is 390 g/mol. The number of likely N-dealkylation sites (tertiary alicyclic amines) is 1. The van der Waals surface area contributed by atoms with Crippen molar-refractivity contribution < 1.29 is 4.79 Å². The number of urea groups is 1. The number of amides is 2. The lowest BCUT2D eigenvalue weighted by Gasteiger charge is -2.30. The van der Waals surface area contributed by atoms with Crippen LogP contribution in [0, 0.1) is 12.8 Å². The molecule has 4 nitrogen and oxygen atoms in total. The van der Waals surface area contributed by atoms with Gasteiger partial charge in [0.25, 0.3) is 0 Å². The second kappa shape index (κ2) is 12.7. The molecule has 0 radical (unpaired) electrons. The first-order valence-electron chi connectivity index (χ1n) is 9.93. The maximum absolute atomic E-state index is 12.0. The van der Waals surface area contributed by atoms with Crippen molar-refractivity contribution in [2.45, 2.75) is 54.0 Å². The molecule has 6 heteroatoms. The van der Waals surface area contributed by atoms with Crippen molar-refractivity contribution in [3.63, 3.8) is 0 Å². The predicted molar refractivity (Wildman–Crippen MR) is 123 cm³/mol. The normalized spacial score (nSPS) is 13.7. The highest BCUT2D eigenvalue weighted by Gasteiger charge is 2.20. The third-order valence-corrected chi connectivity index (χ3v) is 5.83. The fraction of sp³-hybridized carbons (Fsp3) is 0.500. The second-order valence-electron chi connectivity index (χ2n) is 6.86. The van der Waals surface area contributed by atoms with Gasteiger partial charge < -0.3 is 15.2 Å². The van der Waals surface area contributed by atoms with E-state index in [1.54, 1.807) is 11.3 Å². The molecule has 0 aromatic carbocycles. The molecule has 2 aromatic heterocycles. The Kier molecular flexibility index (Phi) is 11.0. The van der Waals surface area contributed by atoms with Crippen molar-refractivity contribution >= 4 is 34.5 Å². The van der Waals surface area contributed by atoms with E-state index in [2.05, 4.69) is 23.8 Å². The van der Waals surface area contributed by atoms with Crippen LogP contribution in [0.2, 0.25) is 4.34 Å². The highest BCUT2D eigenvalue weighted by atomic mass is 35.5. The summed E-state index contributed by atoms with van der Waals surface area (Å²) in [7, 11) is 0. The van der Waals surface area contributed by atoms with Gasteiger partial charge in [-0.15, -0.1) is 11.3 Å². The molecule has 0 atom stereocenters. The predicted octanol–water partition coefficient (Wildman–Crippen LogP) is 6.73. The molecule has 1 aliphatic heterocycles. The van der Waals surface area contributed by atoms with Crippen molar-refractivity contribution in [3.8, 4) is 0 Å². The third kappa shape index (κ3) is 8.11. The smallest absolute Gasteiger partial charge is 0.317 e. The number of nitrogens with one attached hydrogen (secondary N) is 2. The lowest BCUT2D eigenvalue weighted by Crippen LogP contribution is -2.43. The van der Waals surface area contributed by atoms with Crippen molar-refractivity contribution in [3.05, 3.63) is 51.4 Å². The average Bonchev–Trinajstić information content (AvgIpc) is 3.32. The summed E-state index contributed by atoms with van der Waals surface area (Å²) in [5.41, 5.74) is 3.30. The highest BCUT2D eigenvalue weighted by molar-refractivity contribution is 7.16. The number of thiophene rings is 1. The Morgan fingerprint density at radius 2 is 2.04 bits per heavy atom. The number of rotatable bonds is 3. The van der Waals surface area contributed by atoms with Gasteiger partial charge in [0.1, 0.15) is 0 Å². The van der Waals surface area contributed by atoms with Crippen LogP contribution in [0.1, 0.15) is 56.5 Å². The molecule has 0 saturated carbocycles. The first kappa shape index (κ1) is 24.3. The van der Waals surface area contributed by atoms with E-state index in [-0.39, 0.29) is 6.03 Å². The summed E-state index contributed by atoms with van der Waals surface area (Å²) in [6, 6.07) is 4.07. The first-order valence-corrected chi connectivity index (χ1v) is 11.1. The lowest BCUT2D eigenvalue weighted by molar-refractivity contribution is 0.173. The van der Waals surface area contributed by atoms with Gasteiger partial charge >= 0.3 is 6.03 Å². The largest absolute Gasteiger partial charge is 0.367 e. The fourth-order valence-corrected chi connectivity index (χ4v) is 3.98. The highest BCUT2D eigenvalue weighted by Crippen LogP contribution is 2.26. The van der Waals surface area contributed by atoms with Crippen LogP contribution in [0.15, 0.2) is 31.1 Å². The zero-order valence-electron chi connectivity index (χ0n) is 17.8. The molecule has 28 heavy (non-hydrogen) atoms. The summed E-state index contributed by atoms with van der Waals surface area (Å²) in [5.74, 6) is 0.739. The van der Waals surface area contributed by atoms with E-state index in [4.69, 9.17) is 11.6 Å². The van der Waals surface area contributed by atoms with Crippen molar-refractivity contribution in [2.75, 3.05) is 13.1 Å². The summed E-state index contributed by atoms with van der Waals surface area (Å²) in [6.45, 7) is 16.3. The molecule has 2 amide bonds. The van der Waals surface area contributed by atoms with Crippen LogP contribution in [0.4, 0.5) is 4.79 Å². The van der Waals surface area contributed by atoms with Gasteiger partial charge in [-0.05, 0) is 55.9 Å². The van der Waals surface area contributed by atoms with Gasteiger partial charge in [0, 0.05) is 42.5 Å². The van der Waals surface area contributed by atoms with Crippen LogP contribution in [0.25, 0.3) is 5.57 Å². The third-order valence-electron chi connectivity index (χ3n) is 4.47. The van der Waals surface area contributed by atoms with E-state index >= 15 is 0 Å². The number of carbonyl (C=O) groups is 1. The van der Waals surface area contributed by atoms with E-state index in [9.17, 15) is 4.79 Å². The number of halogens is 1. The van der Waals surface area contributed by atoms with Gasteiger partial charge in [-0.1, -0.05) is 39.0 Å². The number of hydrogen-bond donors (Lipinski definition) is 2. The molecule has 156 valence electrons. The van der Waals surface area contributed by atoms with E-state index in [0.29, 0.717) is 6.54 Å². The molecule has 1 aliphatic rings. The van der Waals surface area contributed by atoms with Crippen molar-refractivity contribution in [1.82, 2.24) is 15.2 Å². The number of nitrogens with zero attached hydrogens (tertiary/aromatic N) is 1. The monoisotopic (exact) mass is 423 g/mol. The van der Waals surface area contributed by atoms with Crippen molar-refractivity contribution in [1.29, 1.82) is 0 Å². The lowest BCUT2D eigenvalue weighted by atomic mass is 10.00. The molecule has 0 aliphatic carbocycles. The van der Waals surface area contributed by atoms with Gasteiger partial charge in [0.15, 0.2) is 0 Å². The van der Waals surface area contributed by atoms with Gasteiger partial charge in [-0.2, -0.15) is 0 Å². The van der Waals surface area contributed by atoms with Crippen LogP contribution in [0.5, 0.6) is 0 Å². The van der Waals surface area contributed by atoms with E-state index in [1.165, 1.54) is 10.4 Å². The van der Waals surface area contributed by atoms with Crippen LogP contribution >= 0.6 is 22.9 Å². The molecule has 3 rings (SSSR count). The number of allylic oxidation sites excluding steroid dienone is 1. The number of H-pyrrole nitrogens is 1. The minimum atomic E-state index is 0.0295. The second-order valence-corrected chi connectivity index (χ2v) is 8.72. The number of aromatic amines is 1. The number of piperidine rings is 1. The van der Waals surface area contributed by atoms with Gasteiger partial charge in [-0.25, -0.2) is 4.79 Å². The minimum absolute atomic E-state index is 0.0295. The molecule has 0 bridgehead atoms. The molecule has 0 spiro atoms. The van der Waals surface area contributed by atoms with Crippen LogP contribution in [-0.2, 0) is 6.54 Å². The Morgan fingerprint density at radius 1 is 1.39 bits per heavy atom. The topological polar surface area (TPSA) is 48.1 Å². The molecular formula is C22H34ClN3OS. The molecule has 1 saturated heterocycles. The summed E-state index contributed by atoms with van der Waals surface area (Å²) < 4.78 is 0.778. The van der Waals surface area contributed by atoms with Crippen LogP contribution in [-0.4, -0.2) is 29.0 Å². The standard InChI is InChI=1S/C13H19ClN2OS.C7H9N.C2H6/c1-9-3-5-16(6-4-9)13(17)15-8-11-7-10(2)18-12(11)14;1-6(2)7-3-4-8-5-7;1-2/h7,9H,3-6,8H2,1-2H3,(H,15,17);3-5,8H,1H2,2H3;1-2H3. The molecule has 3 heterocycles. The quantitative estimate of drug-likeness (QED) is 0.565. The zero-order valence-corrected chi connectivity index (χ0v) is 19.3. The van der Waals surface area contributed by atoms with Gasteiger partial charge in [-0.3, -0.25) is 0 Å². The van der Waals surface area contributed by atoms with E-state index in [1.807, 2.05) is 57.1 Å². The maximum Gasteiger partial charge on any atom is 0.317 e.